The van der Waals surface area contributed by atoms with Crippen molar-refractivity contribution in [3.05, 3.63) is 41.1 Å². The Morgan fingerprint density at radius 2 is 2.16 bits per heavy atom. The number of hydrogen-bond donors (Lipinski definition) is 5. The third-order valence-electron chi connectivity index (χ3n) is 3.06. The van der Waals surface area contributed by atoms with Crippen LogP contribution in [0.3, 0.4) is 0 Å². The van der Waals surface area contributed by atoms with Gasteiger partial charge in [-0.25, -0.2) is 9.59 Å². The third-order valence-corrected chi connectivity index (χ3v) is 3.83. The number of carbonyl (C=O) groups excluding carboxylic acids is 1. The molecule has 6 N–H and O–H groups in total. The molecule has 0 fully saturated rings. The molecule has 9 heteroatoms. The van der Waals surface area contributed by atoms with Crippen molar-refractivity contribution in [1.29, 1.82) is 5.41 Å². The molecule has 0 saturated heterocycles. The van der Waals surface area contributed by atoms with Gasteiger partial charge in [-0.05, 0) is 31.5 Å². The third kappa shape index (κ3) is 6.76. The first-order chi connectivity index (χ1) is 11.7. The number of aliphatic carboxylic acids is 1. The van der Waals surface area contributed by atoms with Crippen LogP contribution in [0.2, 0.25) is 0 Å². The molecule has 0 heterocycles. The van der Waals surface area contributed by atoms with Crippen LogP contribution in [0.1, 0.15) is 31.0 Å². The van der Waals surface area contributed by atoms with Gasteiger partial charge in [0, 0.05) is 23.1 Å². The van der Waals surface area contributed by atoms with Crippen LogP contribution in [0.25, 0.3) is 0 Å². The van der Waals surface area contributed by atoms with Gasteiger partial charge in [0.2, 0.25) is 0 Å². The minimum absolute atomic E-state index is 0.0135. The summed E-state index contributed by atoms with van der Waals surface area (Å²) >= 11 is 1.02. The normalized spacial score (nSPS) is 12.3. The maximum absolute atomic E-state index is 11.6. The van der Waals surface area contributed by atoms with Gasteiger partial charge in [-0.2, -0.15) is 0 Å². The Morgan fingerprint density at radius 1 is 1.48 bits per heavy atom. The van der Waals surface area contributed by atoms with E-state index >= 15 is 0 Å². The number of carbonyl (C=O) groups is 2. The first-order valence-corrected chi connectivity index (χ1v) is 8.36. The molecule has 0 aliphatic carbocycles. The Balaban J connectivity index is 3.02. The molecule has 0 amide bonds. The lowest BCUT2D eigenvalue weighted by Gasteiger charge is -2.18. The minimum Gasteiger partial charge on any atom is -0.508 e. The molecule has 1 aromatic rings. The van der Waals surface area contributed by atoms with Crippen molar-refractivity contribution in [3.63, 3.8) is 0 Å². The Labute approximate surface area is 149 Å². The molecule has 0 bridgehead atoms. The summed E-state index contributed by atoms with van der Waals surface area (Å²) in [5, 5.41) is 29.2. The summed E-state index contributed by atoms with van der Waals surface area (Å²) in [5.74, 6) is -1.49. The lowest BCUT2D eigenvalue weighted by Crippen LogP contribution is -2.27. The number of nitrogens with one attached hydrogen (secondary N) is 2. The van der Waals surface area contributed by atoms with E-state index in [2.05, 4.69) is 5.32 Å². The molecule has 0 aromatic heterocycles. The second-order valence-electron chi connectivity index (χ2n) is 5.04. The van der Waals surface area contributed by atoms with Gasteiger partial charge in [0.05, 0.1) is 6.61 Å². The molecule has 25 heavy (non-hydrogen) atoms. The van der Waals surface area contributed by atoms with Crippen LogP contribution in [0.4, 0.5) is 0 Å². The van der Waals surface area contributed by atoms with E-state index in [4.69, 9.17) is 15.9 Å². The summed E-state index contributed by atoms with van der Waals surface area (Å²) in [7, 11) is 0. The number of nitrogens with two attached hydrogens (primary N) is 1. The van der Waals surface area contributed by atoms with Crippen molar-refractivity contribution >= 4 is 28.9 Å². The fraction of sp³-hybridized carbons (Fsp3) is 0.312. The van der Waals surface area contributed by atoms with Crippen molar-refractivity contribution in [2.45, 2.75) is 25.6 Å². The van der Waals surface area contributed by atoms with Gasteiger partial charge in [0.15, 0.2) is 5.17 Å². The smallest absolute Gasteiger partial charge is 0.332 e. The summed E-state index contributed by atoms with van der Waals surface area (Å²) in [4.78, 5) is 23.0. The van der Waals surface area contributed by atoms with Gasteiger partial charge >= 0.3 is 11.9 Å². The van der Waals surface area contributed by atoms with E-state index in [9.17, 15) is 19.8 Å². The molecule has 136 valence electrons. The summed E-state index contributed by atoms with van der Waals surface area (Å²) in [6.45, 7) is 3.45. The van der Waals surface area contributed by atoms with Gasteiger partial charge < -0.3 is 26.0 Å². The summed E-state index contributed by atoms with van der Waals surface area (Å²) < 4.78 is 4.78. The molecule has 0 radical (unpaired) electrons. The molecule has 0 aliphatic heterocycles. The van der Waals surface area contributed by atoms with Crippen molar-refractivity contribution < 1.29 is 24.5 Å². The van der Waals surface area contributed by atoms with Gasteiger partial charge in [-0.15, -0.1) is 0 Å². The number of amidine groups is 1. The van der Waals surface area contributed by atoms with E-state index in [1.54, 1.807) is 13.8 Å². The number of allylic oxidation sites excluding steroid dienone is 1. The lowest BCUT2D eigenvalue weighted by molar-refractivity contribution is -0.140. The fourth-order valence-electron chi connectivity index (χ4n) is 1.97. The Morgan fingerprint density at radius 3 is 2.72 bits per heavy atom. The zero-order valence-electron chi connectivity index (χ0n) is 13.9. The average Bonchev–Trinajstić information content (AvgIpc) is 2.51. The predicted octanol–water partition coefficient (Wildman–Crippen LogP) is 1.70. The molecule has 1 unspecified atom stereocenters. The average molecular weight is 367 g/mol. The van der Waals surface area contributed by atoms with E-state index in [1.807, 2.05) is 0 Å². The van der Waals surface area contributed by atoms with E-state index in [1.165, 1.54) is 24.3 Å². The first-order valence-electron chi connectivity index (χ1n) is 7.37. The van der Waals surface area contributed by atoms with E-state index in [0.29, 0.717) is 16.8 Å². The molecular weight excluding hydrogens is 346 g/mol. The van der Waals surface area contributed by atoms with Crippen LogP contribution in [0.15, 0.2) is 30.0 Å². The lowest BCUT2D eigenvalue weighted by atomic mass is 10.0. The van der Waals surface area contributed by atoms with Gasteiger partial charge in [-0.3, -0.25) is 5.41 Å². The van der Waals surface area contributed by atoms with E-state index < -0.39 is 18.0 Å². The Hall–Kier alpha value is -2.68. The summed E-state index contributed by atoms with van der Waals surface area (Å²) in [6, 6.07) is 3.26. The second-order valence-corrected chi connectivity index (χ2v) is 6.05. The second kappa shape index (κ2) is 9.58. The number of phenolic OH excluding ortho intramolecular Hbond substituents is 1. The molecular formula is C16H21N3O5S. The first kappa shape index (κ1) is 20.4. The Kier molecular flexibility index (Phi) is 7.80. The zero-order valence-corrected chi connectivity index (χ0v) is 14.7. The number of carboxylic acids is 1. The van der Waals surface area contributed by atoms with Gasteiger partial charge in [0.1, 0.15) is 11.8 Å². The SMILES string of the molecule is CCOC(=O)/C=C(/C)NC(C(=O)O)c1ccc(O)c(CSC(=N)N)c1. The van der Waals surface area contributed by atoms with Crippen LogP contribution >= 0.6 is 11.8 Å². The summed E-state index contributed by atoms with van der Waals surface area (Å²) in [5.41, 5.74) is 6.46. The molecule has 0 aliphatic rings. The highest BCUT2D eigenvalue weighted by Crippen LogP contribution is 2.26. The van der Waals surface area contributed by atoms with Crippen molar-refractivity contribution in [3.8, 4) is 5.75 Å². The zero-order chi connectivity index (χ0) is 19.0. The maximum Gasteiger partial charge on any atom is 0.332 e. The molecule has 0 saturated carbocycles. The van der Waals surface area contributed by atoms with Crippen LogP contribution in [-0.2, 0) is 20.1 Å². The minimum atomic E-state index is -1.15. The summed E-state index contributed by atoms with van der Waals surface area (Å²) in [6.07, 6.45) is 1.17. The van der Waals surface area contributed by atoms with Gasteiger partial charge in [-0.1, -0.05) is 17.8 Å². The highest BCUT2D eigenvalue weighted by Gasteiger charge is 2.21. The monoisotopic (exact) mass is 367 g/mol. The largest absolute Gasteiger partial charge is 0.508 e. The number of carboxylic acid groups (broad SMARTS) is 1. The van der Waals surface area contributed by atoms with Crippen LogP contribution in [0.5, 0.6) is 5.75 Å². The van der Waals surface area contributed by atoms with Crippen molar-refractivity contribution in [2.24, 2.45) is 5.73 Å². The number of ether oxygens (including phenoxy) is 1. The van der Waals surface area contributed by atoms with E-state index in [-0.39, 0.29) is 23.3 Å². The topological polar surface area (TPSA) is 146 Å². The number of esters is 1. The fourth-order valence-corrected chi connectivity index (χ4v) is 2.52. The number of thioether (sulfide) groups is 1. The predicted molar refractivity (Wildman–Crippen MR) is 95.2 cm³/mol. The van der Waals surface area contributed by atoms with Crippen molar-refractivity contribution in [2.75, 3.05) is 6.61 Å². The highest BCUT2D eigenvalue weighted by molar-refractivity contribution is 8.13. The highest BCUT2D eigenvalue weighted by atomic mass is 32.2. The number of hydrogen-bond acceptors (Lipinski definition) is 7. The maximum atomic E-state index is 11.6. The van der Waals surface area contributed by atoms with Crippen LogP contribution in [0, 0.1) is 5.41 Å². The van der Waals surface area contributed by atoms with E-state index in [0.717, 1.165) is 11.8 Å². The molecule has 1 rings (SSSR count). The standard InChI is InChI=1S/C16H21N3O5S/c1-3-24-13(21)6-9(2)19-14(15(22)23)10-4-5-12(20)11(7-10)8-25-16(17)18/h4-7,14,19-20H,3,8H2,1-2H3,(H3,17,18)(H,22,23)/b9-6-. The van der Waals surface area contributed by atoms with Crippen LogP contribution in [-0.4, -0.2) is 33.9 Å². The number of benzene rings is 1. The number of rotatable bonds is 8. The van der Waals surface area contributed by atoms with Crippen LogP contribution < -0.4 is 11.1 Å². The number of phenols is 1. The Bertz CT molecular complexity index is 690. The quantitative estimate of drug-likeness (QED) is 0.202. The molecule has 1 aromatic carbocycles. The molecule has 0 spiro atoms. The molecule has 8 nitrogen and oxygen atoms in total. The number of aromatic hydroxyl groups is 1. The van der Waals surface area contributed by atoms with Gasteiger partial charge in [0.25, 0.3) is 0 Å². The molecule has 1 atom stereocenters. The van der Waals surface area contributed by atoms with Crippen molar-refractivity contribution in [1.82, 2.24) is 5.32 Å².